The smallest absolute Gasteiger partial charge is 0.258 e. The molecular weight excluding hydrogens is 258 g/mol. The minimum Gasteiger partial charge on any atom is -0.464 e. The molecule has 0 fully saturated rings. The van der Waals surface area contributed by atoms with Crippen LogP contribution in [0.15, 0.2) is 60.2 Å². The van der Waals surface area contributed by atoms with Crippen molar-refractivity contribution in [3.8, 4) is 5.75 Å². The maximum absolute atomic E-state index is 10.3. The summed E-state index contributed by atoms with van der Waals surface area (Å²) in [4.78, 5) is 10.9. The van der Waals surface area contributed by atoms with E-state index in [4.69, 9.17) is 10.5 Å². The van der Waals surface area contributed by atoms with Crippen LogP contribution in [0.1, 0.15) is 15.2 Å². The number of carbonyl (C=O) groups excluding carboxylic acids is 1. The van der Waals surface area contributed by atoms with Gasteiger partial charge in [0, 0.05) is 5.56 Å². The number of ether oxygens (including phenoxy) is 1. The second-order valence-electron chi connectivity index (χ2n) is 3.68. The van der Waals surface area contributed by atoms with Crippen LogP contribution in [0.25, 0.3) is 6.08 Å². The average Bonchev–Trinajstić information content (AvgIpc) is 2.85. The van der Waals surface area contributed by atoms with Gasteiger partial charge in [-0.15, -0.1) is 11.3 Å². The number of primary amides is 1. The number of fused-ring (bicyclic) bond motifs is 1. The third kappa shape index (κ3) is 3.82. The van der Waals surface area contributed by atoms with Gasteiger partial charge in [0.25, 0.3) is 5.91 Å². The SMILES string of the molecule is C1=COc2ccccc2C=C1.NC(=O)c1cccs1. The number of rotatable bonds is 1. The maximum atomic E-state index is 10.3. The molecule has 2 N–H and O–H groups in total. The lowest BCUT2D eigenvalue weighted by Crippen LogP contribution is -2.07. The number of para-hydroxylation sites is 1. The fraction of sp³-hybridized carbons (Fsp3) is 0. The van der Waals surface area contributed by atoms with E-state index in [-0.39, 0.29) is 5.91 Å². The van der Waals surface area contributed by atoms with E-state index in [1.165, 1.54) is 11.3 Å². The van der Waals surface area contributed by atoms with Gasteiger partial charge in [0.1, 0.15) is 5.75 Å². The lowest BCUT2D eigenvalue weighted by molar-refractivity contribution is 0.100. The van der Waals surface area contributed by atoms with Gasteiger partial charge >= 0.3 is 0 Å². The van der Waals surface area contributed by atoms with E-state index >= 15 is 0 Å². The zero-order valence-electron chi connectivity index (χ0n) is 10.2. The van der Waals surface area contributed by atoms with E-state index < -0.39 is 0 Å². The number of carbonyl (C=O) groups is 1. The summed E-state index contributed by atoms with van der Waals surface area (Å²) in [6.45, 7) is 0. The number of allylic oxidation sites excluding steroid dienone is 2. The van der Waals surface area contributed by atoms with Crippen LogP contribution >= 0.6 is 11.3 Å². The van der Waals surface area contributed by atoms with E-state index in [9.17, 15) is 4.79 Å². The average molecular weight is 271 g/mol. The Kier molecular flexibility index (Phi) is 4.53. The zero-order chi connectivity index (χ0) is 13.5. The lowest BCUT2D eigenvalue weighted by atomic mass is 10.2. The Morgan fingerprint density at radius 1 is 1.11 bits per heavy atom. The van der Waals surface area contributed by atoms with E-state index in [0.717, 1.165) is 11.3 Å². The molecule has 4 heteroatoms. The topological polar surface area (TPSA) is 52.3 Å². The molecule has 3 rings (SSSR count). The molecule has 0 radical (unpaired) electrons. The quantitative estimate of drug-likeness (QED) is 0.863. The Labute approximate surface area is 115 Å². The largest absolute Gasteiger partial charge is 0.464 e. The normalized spacial score (nSPS) is 11.6. The molecule has 0 saturated carbocycles. The molecule has 0 aliphatic carbocycles. The van der Waals surface area contributed by atoms with Gasteiger partial charge in [0.2, 0.25) is 0 Å². The molecule has 0 bridgehead atoms. The highest BCUT2D eigenvalue weighted by Gasteiger charge is 1.98. The molecule has 0 atom stereocenters. The second-order valence-corrected chi connectivity index (χ2v) is 4.63. The van der Waals surface area contributed by atoms with E-state index in [1.54, 1.807) is 18.4 Å². The van der Waals surface area contributed by atoms with Gasteiger partial charge in [0.15, 0.2) is 0 Å². The fourth-order valence-electron chi connectivity index (χ4n) is 1.46. The van der Waals surface area contributed by atoms with Crippen molar-refractivity contribution in [3.05, 3.63) is 70.6 Å². The van der Waals surface area contributed by atoms with Crippen LogP contribution in [0.5, 0.6) is 5.75 Å². The molecule has 3 nitrogen and oxygen atoms in total. The molecule has 1 aromatic carbocycles. The van der Waals surface area contributed by atoms with Gasteiger partial charge < -0.3 is 10.5 Å². The molecule has 1 aliphatic rings. The predicted molar refractivity (Wildman–Crippen MR) is 78.1 cm³/mol. The third-order valence-corrected chi connectivity index (χ3v) is 3.23. The standard InChI is InChI=1S/C10H8O.C5H5NOS/c1-2-7-10-9(5-1)6-3-4-8-11-10;6-5(7)4-2-1-3-8-4/h1-8H;1-3H,(H2,6,7). The van der Waals surface area contributed by atoms with Crippen molar-refractivity contribution in [2.75, 3.05) is 0 Å². The first-order chi connectivity index (χ1) is 9.27. The first kappa shape index (κ1) is 13.1. The number of hydrogen-bond acceptors (Lipinski definition) is 3. The lowest BCUT2D eigenvalue weighted by Gasteiger charge is -2.00. The van der Waals surface area contributed by atoms with Crippen molar-refractivity contribution in [1.29, 1.82) is 0 Å². The molecule has 96 valence electrons. The summed E-state index contributed by atoms with van der Waals surface area (Å²) < 4.78 is 5.31. The van der Waals surface area contributed by atoms with E-state index in [2.05, 4.69) is 0 Å². The van der Waals surface area contributed by atoms with Crippen molar-refractivity contribution in [3.63, 3.8) is 0 Å². The Bertz CT molecular complexity index is 600. The van der Waals surface area contributed by atoms with Crippen molar-refractivity contribution < 1.29 is 9.53 Å². The Hall–Kier alpha value is -2.33. The van der Waals surface area contributed by atoms with Gasteiger partial charge in [-0.2, -0.15) is 0 Å². The molecule has 0 spiro atoms. The Morgan fingerprint density at radius 2 is 1.95 bits per heavy atom. The molecule has 0 unspecified atom stereocenters. The van der Waals surface area contributed by atoms with Crippen molar-refractivity contribution in [2.45, 2.75) is 0 Å². The molecule has 1 aromatic heterocycles. The number of thiophene rings is 1. The Balaban J connectivity index is 0.000000148. The molecule has 19 heavy (non-hydrogen) atoms. The van der Waals surface area contributed by atoms with Crippen molar-refractivity contribution in [1.82, 2.24) is 0 Å². The van der Waals surface area contributed by atoms with Crippen LogP contribution in [-0.2, 0) is 0 Å². The minimum absolute atomic E-state index is 0.347. The zero-order valence-corrected chi connectivity index (χ0v) is 11.0. The van der Waals surface area contributed by atoms with E-state index in [1.807, 2.05) is 47.9 Å². The fourth-order valence-corrected chi connectivity index (χ4v) is 2.04. The first-order valence-electron chi connectivity index (χ1n) is 5.69. The maximum Gasteiger partial charge on any atom is 0.258 e. The van der Waals surface area contributed by atoms with E-state index in [0.29, 0.717) is 4.88 Å². The minimum atomic E-state index is -0.347. The summed E-state index contributed by atoms with van der Waals surface area (Å²) in [5, 5.41) is 1.82. The highest BCUT2D eigenvalue weighted by Crippen LogP contribution is 2.21. The molecular formula is C15H13NO2S. The van der Waals surface area contributed by atoms with Crippen LogP contribution in [0.2, 0.25) is 0 Å². The Morgan fingerprint density at radius 3 is 2.63 bits per heavy atom. The van der Waals surface area contributed by atoms with Crippen LogP contribution in [0, 0.1) is 0 Å². The second kappa shape index (κ2) is 6.56. The van der Waals surface area contributed by atoms with Crippen LogP contribution < -0.4 is 10.5 Å². The summed E-state index contributed by atoms with van der Waals surface area (Å²) in [5.74, 6) is 0.567. The van der Waals surface area contributed by atoms with Crippen LogP contribution in [0.4, 0.5) is 0 Å². The molecule has 2 heterocycles. The number of benzene rings is 1. The van der Waals surface area contributed by atoms with Crippen LogP contribution in [0.3, 0.4) is 0 Å². The van der Waals surface area contributed by atoms with Gasteiger partial charge in [-0.05, 0) is 23.6 Å². The summed E-state index contributed by atoms with van der Waals surface area (Å²) in [7, 11) is 0. The molecule has 0 saturated heterocycles. The third-order valence-electron chi connectivity index (χ3n) is 2.34. The highest BCUT2D eigenvalue weighted by molar-refractivity contribution is 7.12. The van der Waals surface area contributed by atoms with Gasteiger partial charge in [-0.25, -0.2) is 0 Å². The monoisotopic (exact) mass is 271 g/mol. The van der Waals surface area contributed by atoms with Gasteiger partial charge in [-0.3, -0.25) is 4.79 Å². The summed E-state index contributed by atoms with van der Waals surface area (Å²) in [6.07, 6.45) is 7.55. The van der Waals surface area contributed by atoms with Gasteiger partial charge in [0.05, 0.1) is 11.1 Å². The number of hydrogen-bond donors (Lipinski definition) is 1. The number of amides is 1. The van der Waals surface area contributed by atoms with Crippen molar-refractivity contribution >= 4 is 23.3 Å². The predicted octanol–water partition coefficient (Wildman–Crippen LogP) is 3.45. The summed E-state index contributed by atoms with van der Waals surface area (Å²) in [5.41, 5.74) is 6.05. The van der Waals surface area contributed by atoms with Crippen LogP contribution in [-0.4, -0.2) is 5.91 Å². The summed E-state index contributed by atoms with van der Waals surface area (Å²) >= 11 is 1.36. The molecule has 1 amide bonds. The van der Waals surface area contributed by atoms with Crippen molar-refractivity contribution in [2.24, 2.45) is 5.73 Å². The molecule has 1 aliphatic heterocycles. The molecule has 2 aromatic rings. The highest BCUT2D eigenvalue weighted by atomic mass is 32.1. The first-order valence-corrected chi connectivity index (χ1v) is 6.57. The number of nitrogens with two attached hydrogens (primary N) is 1. The summed E-state index contributed by atoms with van der Waals surface area (Å²) in [6, 6.07) is 11.4. The van der Waals surface area contributed by atoms with Gasteiger partial charge in [-0.1, -0.05) is 36.4 Å².